The van der Waals surface area contributed by atoms with Crippen LogP contribution in [0.15, 0.2) is 41.4 Å². The molecule has 0 radical (unpaired) electrons. The number of imide groups is 1. The van der Waals surface area contributed by atoms with Gasteiger partial charge in [-0.1, -0.05) is 36.4 Å². The average Bonchev–Trinajstić information content (AvgIpc) is 3.42. The fourth-order valence-corrected chi connectivity index (χ4v) is 4.97. The number of rotatable bonds is 8. The summed E-state index contributed by atoms with van der Waals surface area (Å²) in [5, 5.41) is 6.48. The number of fused-ring (bicyclic) bond motifs is 5. The second-order valence-corrected chi connectivity index (χ2v) is 8.20. The zero-order valence-electron chi connectivity index (χ0n) is 18.0. The molecule has 1 aromatic rings. The van der Waals surface area contributed by atoms with Crippen LogP contribution in [-0.2, 0) is 27.5 Å². The SMILES string of the molecule is CCNC(=NCc1cccc(COC)c1)NCCN1C(=O)C2C3C=CC(C3)C2C1=O.I. The van der Waals surface area contributed by atoms with Crippen LogP contribution in [-0.4, -0.2) is 49.4 Å². The van der Waals surface area contributed by atoms with Gasteiger partial charge in [-0.3, -0.25) is 14.5 Å². The van der Waals surface area contributed by atoms with E-state index in [9.17, 15) is 9.59 Å². The van der Waals surface area contributed by atoms with Crippen LogP contribution in [0.25, 0.3) is 0 Å². The molecule has 4 rings (SSSR count). The maximum atomic E-state index is 12.8. The van der Waals surface area contributed by atoms with Crippen molar-refractivity contribution in [1.29, 1.82) is 0 Å². The summed E-state index contributed by atoms with van der Waals surface area (Å²) in [5.41, 5.74) is 2.21. The second-order valence-electron chi connectivity index (χ2n) is 8.20. The van der Waals surface area contributed by atoms with Gasteiger partial charge in [-0.05, 0) is 36.3 Å². The van der Waals surface area contributed by atoms with Crippen molar-refractivity contribution in [2.45, 2.75) is 26.5 Å². The Morgan fingerprint density at radius 1 is 1.13 bits per heavy atom. The molecule has 0 spiro atoms. The first-order chi connectivity index (χ1) is 14.6. The maximum Gasteiger partial charge on any atom is 0.233 e. The molecule has 0 aromatic heterocycles. The van der Waals surface area contributed by atoms with Gasteiger partial charge in [-0.25, -0.2) is 4.99 Å². The molecule has 168 valence electrons. The van der Waals surface area contributed by atoms with Crippen LogP contribution in [0.5, 0.6) is 0 Å². The predicted molar refractivity (Wildman–Crippen MR) is 130 cm³/mol. The molecule has 2 bridgehead atoms. The Morgan fingerprint density at radius 3 is 2.45 bits per heavy atom. The summed E-state index contributed by atoms with van der Waals surface area (Å²) in [6.07, 6.45) is 5.20. The van der Waals surface area contributed by atoms with E-state index in [1.165, 1.54) is 4.90 Å². The number of methoxy groups -OCH3 is 1. The Hall–Kier alpha value is -1.94. The summed E-state index contributed by atoms with van der Waals surface area (Å²) < 4.78 is 5.19. The smallest absolute Gasteiger partial charge is 0.233 e. The molecule has 2 fully saturated rings. The van der Waals surface area contributed by atoms with Gasteiger partial charge in [0, 0.05) is 26.7 Å². The zero-order valence-corrected chi connectivity index (χ0v) is 20.4. The molecular weight excluding hydrogens is 507 g/mol. The lowest BCUT2D eigenvalue weighted by atomic mass is 9.85. The standard InChI is InChI=1S/C23H30N4O3.HI/c1-3-24-23(26-13-15-5-4-6-16(11-15)14-30-2)25-9-10-27-21(28)19-17-7-8-18(12-17)20(19)22(27)29;/h4-8,11,17-20H,3,9-10,12-14H2,1-2H3,(H2,24,25,26);1H. The number of aliphatic imine (C=N–C) groups is 1. The van der Waals surface area contributed by atoms with E-state index in [2.05, 4.69) is 33.8 Å². The van der Waals surface area contributed by atoms with Gasteiger partial charge < -0.3 is 15.4 Å². The van der Waals surface area contributed by atoms with Crippen LogP contribution in [0.3, 0.4) is 0 Å². The summed E-state index contributed by atoms with van der Waals surface area (Å²) in [6.45, 7) is 4.71. The molecule has 4 atom stereocenters. The van der Waals surface area contributed by atoms with Crippen LogP contribution >= 0.6 is 24.0 Å². The lowest BCUT2D eigenvalue weighted by Crippen LogP contribution is -2.43. The van der Waals surface area contributed by atoms with Crippen molar-refractivity contribution in [3.63, 3.8) is 0 Å². The molecular formula is C23H31IN4O3. The van der Waals surface area contributed by atoms with Gasteiger partial charge in [0.1, 0.15) is 0 Å². The van der Waals surface area contributed by atoms with Crippen molar-refractivity contribution in [1.82, 2.24) is 15.5 Å². The number of nitrogens with one attached hydrogen (secondary N) is 2. The summed E-state index contributed by atoms with van der Waals surface area (Å²) in [4.78, 5) is 31.6. The van der Waals surface area contributed by atoms with Crippen LogP contribution in [0.2, 0.25) is 0 Å². The topological polar surface area (TPSA) is 83.0 Å². The first-order valence-corrected chi connectivity index (χ1v) is 10.7. The monoisotopic (exact) mass is 538 g/mol. The minimum absolute atomic E-state index is 0. The summed E-state index contributed by atoms with van der Waals surface area (Å²) >= 11 is 0. The van der Waals surface area contributed by atoms with Gasteiger partial charge in [0.25, 0.3) is 0 Å². The van der Waals surface area contributed by atoms with Crippen molar-refractivity contribution in [2.75, 3.05) is 26.7 Å². The first kappa shape index (κ1) is 23.7. The van der Waals surface area contributed by atoms with E-state index in [-0.39, 0.29) is 59.5 Å². The van der Waals surface area contributed by atoms with Gasteiger partial charge in [-0.15, -0.1) is 24.0 Å². The Morgan fingerprint density at radius 2 is 1.81 bits per heavy atom. The average molecular weight is 538 g/mol. The third kappa shape index (κ3) is 4.95. The molecule has 1 heterocycles. The van der Waals surface area contributed by atoms with E-state index in [4.69, 9.17) is 4.74 Å². The third-order valence-electron chi connectivity index (χ3n) is 6.26. The number of likely N-dealkylation sites (tertiary alicyclic amines) is 1. The number of nitrogens with zero attached hydrogens (tertiary/aromatic N) is 2. The largest absolute Gasteiger partial charge is 0.380 e. The first-order valence-electron chi connectivity index (χ1n) is 10.7. The number of hydrogen-bond donors (Lipinski definition) is 2. The molecule has 7 nitrogen and oxygen atoms in total. The van der Waals surface area contributed by atoms with Gasteiger partial charge >= 0.3 is 0 Å². The predicted octanol–water partition coefficient (Wildman–Crippen LogP) is 2.31. The minimum Gasteiger partial charge on any atom is -0.380 e. The van der Waals surface area contributed by atoms with E-state index in [1.54, 1.807) is 7.11 Å². The van der Waals surface area contributed by atoms with Crippen LogP contribution in [0, 0.1) is 23.7 Å². The van der Waals surface area contributed by atoms with Crippen LogP contribution < -0.4 is 10.6 Å². The van der Waals surface area contributed by atoms with Crippen molar-refractivity contribution >= 4 is 41.8 Å². The van der Waals surface area contributed by atoms with Gasteiger partial charge in [0.2, 0.25) is 11.8 Å². The highest BCUT2D eigenvalue weighted by Crippen LogP contribution is 2.52. The summed E-state index contributed by atoms with van der Waals surface area (Å²) in [7, 11) is 1.68. The normalized spacial score (nSPS) is 26.3. The molecule has 4 unspecified atom stereocenters. The molecule has 8 heteroatoms. The summed E-state index contributed by atoms with van der Waals surface area (Å²) in [5.74, 6) is 0.920. The molecule has 1 saturated heterocycles. The lowest BCUT2D eigenvalue weighted by molar-refractivity contribution is -0.140. The molecule has 2 N–H and O–H groups in total. The Balaban J connectivity index is 0.00000272. The van der Waals surface area contributed by atoms with E-state index >= 15 is 0 Å². The van der Waals surface area contributed by atoms with Crippen molar-refractivity contribution < 1.29 is 14.3 Å². The second kappa shape index (κ2) is 10.6. The number of allylic oxidation sites excluding steroid dienone is 2. The maximum absolute atomic E-state index is 12.8. The van der Waals surface area contributed by atoms with E-state index in [0.717, 1.165) is 24.1 Å². The number of amides is 2. The molecule has 2 aliphatic carbocycles. The van der Waals surface area contributed by atoms with Crippen LogP contribution in [0.1, 0.15) is 24.5 Å². The number of carbonyl (C=O) groups excluding carboxylic acids is 2. The molecule has 1 aliphatic heterocycles. The number of ether oxygens (including phenoxy) is 1. The fraction of sp³-hybridized carbons (Fsp3) is 0.522. The van der Waals surface area contributed by atoms with E-state index in [0.29, 0.717) is 32.2 Å². The zero-order chi connectivity index (χ0) is 21.1. The minimum atomic E-state index is -0.131. The van der Waals surface area contributed by atoms with E-state index < -0.39 is 0 Å². The van der Waals surface area contributed by atoms with Crippen LogP contribution in [0.4, 0.5) is 0 Å². The summed E-state index contributed by atoms with van der Waals surface area (Å²) in [6, 6.07) is 8.15. The highest BCUT2D eigenvalue weighted by Gasteiger charge is 2.58. The number of halogens is 1. The van der Waals surface area contributed by atoms with Gasteiger partial charge in [-0.2, -0.15) is 0 Å². The Kier molecular flexibility index (Phi) is 8.10. The van der Waals surface area contributed by atoms with Crippen molar-refractivity contribution in [3.05, 3.63) is 47.5 Å². The lowest BCUT2D eigenvalue weighted by Gasteiger charge is -2.18. The van der Waals surface area contributed by atoms with Gasteiger partial charge in [0.05, 0.1) is 25.0 Å². The highest BCUT2D eigenvalue weighted by molar-refractivity contribution is 14.0. The molecule has 2 amide bonds. The number of benzene rings is 1. The number of carbonyl (C=O) groups is 2. The van der Waals surface area contributed by atoms with Gasteiger partial charge in [0.15, 0.2) is 5.96 Å². The quantitative estimate of drug-likeness (QED) is 0.175. The van der Waals surface area contributed by atoms with E-state index in [1.807, 2.05) is 25.1 Å². The van der Waals surface area contributed by atoms with Crippen molar-refractivity contribution in [2.24, 2.45) is 28.7 Å². The number of hydrogen-bond acceptors (Lipinski definition) is 4. The molecule has 1 saturated carbocycles. The fourth-order valence-electron chi connectivity index (χ4n) is 4.97. The Labute approximate surface area is 200 Å². The molecule has 31 heavy (non-hydrogen) atoms. The molecule has 1 aromatic carbocycles. The molecule has 3 aliphatic rings. The van der Waals surface area contributed by atoms with Crippen molar-refractivity contribution in [3.8, 4) is 0 Å². The third-order valence-corrected chi connectivity index (χ3v) is 6.26. The Bertz CT molecular complexity index is 842. The highest BCUT2D eigenvalue weighted by atomic mass is 127. The number of guanidine groups is 1.